The Morgan fingerprint density at radius 2 is 2.21 bits per heavy atom. The Labute approximate surface area is 83.8 Å². The van der Waals surface area contributed by atoms with Crippen LogP contribution in [0, 0.1) is 0 Å². The molecular weight excluding hydrogens is 182 g/mol. The van der Waals surface area contributed by atoms with Crippen LogP contribution in [-0.2, 0) is 9.53 Å². The first-order valence-electron chi connectivity index (χ1n) is 5.33. The third kappa shape index (κ3) is 2.25. The molecule has 2 fully saturated rings. The molecule has 4 nitrogen and oxygen atoms in total. The average molecular weight is 199 g/mol. The van der Waals surface area contributed by atoms with E-state index < -0.39 is 0 Å². The summed E-state index contributed by atoms with van der Waals surface area (Å²) in [4.78, 5) is 13.3. The fraction of sp³-hybridized carbons (Fsp3) is 0.900. The van der Waals surface area contributed by atoms with Gasteiger partial charge in [-0.15, -0.1) is 0 Å². The predicted octanol–water partition coefficient (Wildman–Crippen LogP) is 0.149. The summed E-state index contributed by atoms with van der Waals surface area (Å²) in [6.07, 6.45) is 3.60. The number of hydrogen-bond acceptors (Lipinski definition) is 3. The van der Waals surface area contributed by atoms with E-state index in [1.165, 1.54) is 6.42 Å². The number of nitrogens with zero attached hydrogens (tertiary/aromatic N) is 1. The maximum Gasteiger partial charge on any atom is 0.225 e. The highest BCUT2D eigenvalue weighted by atomic mass is 16.5. The summed E-state index contributed by atoms with van der Waals surface area (Å²) in [5, 5.41) is 9.05. The van der Waals surface area contributed by atoms with Gasteiger partial charge in [-0.05, 0) is 19.3 Å². The number of aliphatic hydroxyl groups is 1. The molecule has 0 radical (unpaired) electrons. The van der Waals surface area contributed by atoms with Gasteiger partial charge in [-0.2, -0.15) is 0 Å². The number of β-amino-alcohol motifs (C(OH)–C–C–N with tert-alkyl or cyclic N) is 1. The zero-order chi connectivity index (χ0) is 9.97. The molecule has 1 atom stereocenters. The van der Waals surface area contributed by atoms with E-state index >= 15 is 0 Å². The maximum atomic E-state index is 11.6. The minimum Gasteiger partial charge on any atom is -0.389 e. The van der Waals surface area contributed by atoms with Crippen LogP contribution in [-0.4, -0.2) is 47.8 Å². The Hall–Kier alpha value is -0.610. The predicted molar refractivity (Wildman–Crippen MR) is 50.8 cm³/mol. The van der Waals surface area contributed by atoms with E-state index in [9.17, 15) is 4.79 Å². The Balaban J connectivity index is 1.71. The molecule has 1 N–H and O–H groups in total. The second-order valence-corrected chi connectivity index (χ2v) is 4.15. The van der Waals surface area contributed by atoms with E-state index in [0.717, 1.165) is 19.4 Å². The number of ether oxygens (including phenoxy) is 1. The van der Waals surface area contributed by atoms with Crippen LogP contribution in [0.25, 0.3) is 0 Å². The molecule has 0 saturated carbocycles. The Kier molecular flexibility index (Phi) is 3.03. The van der Waals surface area contributed by atoms with Gasteiger partial charge in [0.05, 0.1) is 18.6 Å². The summed E-state index contributed by atoms with van der Waals surface area (Å²) >= 11 is 0. The SMILES string of the molecule is O=C(CC1CCCCO1)N1CC(O)C1. The summed E-state index contributed by atoms with van der Waals surface area (Å²) in [6.45, 7) is 1.80. The summed E-state index contributed by atoms with van der Waals surface area (Å²) in [5.41, 5.74) is 0. The standard InChI is InChI=1S/C10H17NO3/c12-8-6-11(7-8)10(13)5-9-3-1-2-4-14-9/h8-9,12H,1-7H2. The van der Waals surface area contributed by atoms with Crippen LogP contribution >= 0.6 is 0 Å². The largest absolute Gasteiger partial charge is 0.389 e. The van der Waals surface area contributed by atoms with Crippen LogP contribution in [0.4, 0.5) is 0 Å². The zero-order valence-electron chi connectivity index (χ0n) is 8.32. The molecule has 0 bridgehead atoms. The third-order valence-electron chi connectivity index (χ3n) is 2.89. The van der Waals surface area contributed by atoms with Gasteiger partial charge in [-0.3, -0.25) is 4.79 Å². The van der Waals surface area contributed by atoms with Gasteiger partial charge in [0.2, 0.25) is 5.91 Å². The Bertz CT molecular complexity index is 207. The number of aliphatic hydroxyl groups excluding tert-OH is 1. The van der Waals surface area contributed by atoms with Crippen molar-refractivity contribution in [2.45, 2.75) is 37.9 Å². The fourth-order valence-electron chi connectivity index (χ4n) is 1.95. The lowest BCUT2D eigenvalue weighted by molar-refractivity contribution is -0.145. The van der Waals surface area contributed by atoms with Gasteiger partial charge in [-0.25, -0.2) is 0 Å². The van der Waals surface area contributed by atoms with Crippen molar-refractivity contribution in [2.24, 2.45) is 0 Å². The molecule has 14 heavy (non-hydrogen) atoms. The molecule has 1 unspecified atom stereocenters. The molecule has 0 aromatic rings. The molecule has 0 spiro atoms. The molecule has 0 aromatic carbocycles. The highest BCUT2D eigenvalue weighted by Crippen LogP contribution is 2.18. The zero-order valence-corrected chi connectivity index (χ0v) is 8.32. The first-order chi connectivity index (χ1) is 6.75. The molecule has 2 aliphatic rings. The van der Waals surface area contributed by atoms with Crippen LogP contribution in [0.1, 0.15) is 25.7 Å². The lowest BCUT2D eigenvalue weighted by Gasteiger charge is -2.37. The molecule has 4 heteroatoms. The van der Waals surface area contributed by atoms with E-state index in [1.54, 1.807) is 4.90 Å². The first-order valence-corrected chi connectivity index (χ1v) is 5.33. The minimum atomic E-state index is -0.300. The topological polar surface area (TPSA) is 49.8 Å². The third-order valence-corrected chi connectivity index (χ3v) is 2.89. The normalized spacial score (nSPS) is 28.6. The quantitative estimate of drug-likeness (QED) is 0.688. The highest BCUT2D eigenvalue weighted by Gasteiger charge is 2.30. The fourth-order valence-corrected chi connectivity index (χ4v) is 1.95. The summed E-state index contributed by atoms with van der Waals surface area (Å²) in [5.74, 6) is 0.127. The van der Waals surface area contributed by atoms with E-state index in [-0.39, 0.29) is 18.1 Å². The molecule has 2 saturated heterocycles. The van der Waals surface area contributed by atoms with Crippen molar-refractivity contribution < 1.29 is 14.6 Å². The van der Waals surface area contributed by atoms with Crippen molar-refractivity contribution in [3.63, 3.8) is 0 Å². The Morgan fingerprint density at radius 1 is 1.43 bits per heavy atom. The van der Waals surface area contributed by atoms with E-state index in [0.29, 0.717) is 19.5 Å². The summed E-state index contributed by atoms with van der Waals surface area (Å²) in [6, 6.07) is 0. The van der Waals surface area contributed by atoms with Crippen molar-refractivity contribution >= 4 is 5.91 Å². The van der Waals surface area contributed by atoms with Gasteiger partial charge >= 0.3 is 0 Å². The van der Waals surface area contributed by atoms with Gasteiger partial charge < -0.3 is 14.7 Å². The Morgan fingerprint density at radius 3 is 2.79 bits per heavy atom. The van der Waals surface area contributed by atoms with Crippen molar-refractivity contribution in [1.82, 2.24) is 4.90 Å². The van der Waals surface area contributed by atoms with Gasteiger partial charge in [0.1, 0.15) is 0 Å². The van der Waals surface area contributed by atoms with Crippen molar-refractivity contribution in [3.8, 4) is 0 Å². The van der Waals surface area contributed by atoms with Crippen LogP contribution in [0.15, 0.2) is 0 Å². The monoisotopic (exact) mass is 199 g/mol. The number of hydrogen-bond donors (Lipinski definition) is 1. The van der Waals surface area contributed by atoms with Gasteiger partial charge in [0, 0.05) is 19.7 Å². The average Bonchev–Trinajstić information content (AvgIpc) is 2.14. The van der Waals surface area contributed by atoms with Crippen molar-refractivity contribution in [2.75, 3.05) is 19.7 Å². The number of carbonyl (C=O) groups excluding carboxylic acids is 1. The minimum absolute atomic E-state index is 0.119. The summed E-state index contributed by atoms with van der Waals surface area (Å²) < 4.78 is 5.48. The number of rotatable bonds is 2. The second-order valence-electron chi connectivity index (χ2n) is 4.15. The molecular formula is C10H17NO3. The van der Waals surface area contributed by atoms with Gasteiger partial charge in [0.15, 0.2) is 0 Å². The molecule has 1 amide bonds. The van der Waals surface area contributed by atoms with E-state index in [1.807, 2.05) is 0 Å². The van der Waals surface area contributed by atoms with Crippen molar-refractivity contribution in [3.05, 3.63) is 0 Å². The first kappa shape index (κ1) is 9.93. The smallest absolute Gasteiger partial charge is 0.225 e. The summed E-state index contributed by atoms with van der Waals surface area (Å²) in [7, 11) is 0. The molecule has 2 rings (SSSR count). The highest BCUT2D eigenvalue weighted by molar-refractivity contribution is 5.77. The van der Waals surface area contributed by atoms with Crippen LogP contribution in [0.2, 0.25) is 0 Å². The molecule has 2 heterocycles. The van der Waals surface area contributed by atoms with E-state index in [4.69, 9.17) is 9.84 Å². The lowest BCUT2D eigenvalue weighted by atomic mass is 10.0. The molecule has 0 aliphatic carbocycles. The molecule has 2 aliphatic heterocycles. The van der Waals surface area contributed by atoms with Crippen LogP contribution in [0.5, 0.6) is 0 Å². The number of likely N-dealkylation sites (tertiary alicyclic amines) is 1. The number of carbonyl (C=O) groups is 1. The maximum absolute atomic E-state index is 11.6. The van der Waals surface area contributed by atoms with Crippen molar-refractivity contribution in [1.29, 1.82) is 0 Å². The van der Waals surface area contributed by atoms with Gasteiger partial charge in [-0.1, -0.05) is 0 Å². The van der Waals surface area contributed by atoms with E-state index in [2.05, 4.69) is 0 Å². The van der Waals surface area contributed by atoms with Gasteiger partial charge in [0.25, 0.3) is 0 Å². The van der Waals surface area contributed by atoms with Crippen LogP contribution < -0.4 is 0 Å². The molecule has 0 aromatic heterocycles. The second kappa shape index (κ2) is 4.28. The number of amides is 1. The van der Waals surface area contributed by atoms with Crippen LogP contribution in [0.3, 0.4) is 0 Å². The lowest BCUT2D eigenvalue weighted by Crippen LogP contribution is -2.54. The molecule has 80 valence electrons.